The molecule has 2 aromatic carbocycles. The van der Waals surface area contributed by atoms with Crippen molar-refractivity contribution in [3.8, 4) is 11.5 Å². The van der Waals surface area contributed by atoms with Crippen LogP contribution in [0.25, 0.3) is 0 Å². The first-order valence-electron chi connectivity index (χ1n) is 9.21. The van der Waals surface area contributed by atoms with Crippen LogP contribution in [0.4, 0.5) is 5.69 Å². The first-order valence-corrected chi connectivity index (χ1v) is 9.21. The third kappa shape index (κ3) is 6.58. The predicted octanol–water partition coefficient (Wildman–Crippen LogP) is 2.72. The Balaban J connectivity index is 1.36. The molecule has 1 saturated heterocycles. The van der Waals surface area contributed by atoms with Crippen LogP contribution in [0.2, 0.25) is 0 Å². The SMILES string of the molecule is Cc1ccc(NC(=O)COc2ccc(OCCN3CCOCC3)cc2)cc1. The standard InChI is InChI=1S/C21H26N2O4/c1-17-2-4-18(5-3-17)22-21(24)16-27-20-8-6-19(7-9-20)26-15-12-23-10-13-25-14-11-23/h2-9H,10-16H2,1H3,(H,22,24). The van der Waals surface area contributed by atoms with Crippen molar-refractivity contribution in [2.24, 2.45) is 0 Å². The quantitative estimate of drug-likeness (QED) is 0.774. The Morgan fingerprint density at radius 1 is 1.00 bits per heavy atom. The van der Waals surface area contributed by atoms with E-state index in [1.165, 1.54) is 0 Å². The number of hydrogen-bond acceptors (Lipinski definition) is 5. The lowest BCUT2D eigenvalue weighted by Crippen LogP contribution is -2.38. The van der Waals surface area contributed by atoms with Gasteiger partial charge in [0.1, 0.15) is 18.1 Å². The molecule has 0 bridgehead atoms. The highest BCUT2D eigenvalue weighted by atomic mass is 16.5. The highest BCUT2D eigenvalue weighted by Gasteiger charge is 2.10. The van der Waals surface area contributed by atoms with Gasteiger partial charge in [-0.25, -0.2) is 0 Å². The minimum atomic E-state index is -0.190. The minimum Gasteiger partial charge on any atom is -0.492 e. The lowest BCUT2D eigenvalue weighted by atomic mass is 10.2. The van der Waals surface area contributed by atoms with Crippen LogP contribution in [0.5, 0.6) is 11.5 Å². The zero-order valence-corrected chi connectivity index (χ0v) is 15.6. The van der Waals surface area contributed by atoms with E-state index >= 15 is 0 Å². The van der Waals surface area contributed by atoms with Crippen molar-refractivity contribution < 1.29 is 19.0 Å². The number of hydrogen-bond donors (Lipinski definition) is 1. The summed E-state index contributed by atoms with van der Waals surface area (Å²) in [5, 5.41) is 2.81. The van der Waals surface area contributed by atoms with Crippen LogP contribution in [0.3, 0.4) is 0 Å². The van der Waals surface area contributed by atoms with E-state index in [9.17, 15) is 4.79 Å². The van der Waals surface area contributed by atoms with Gasteiger partial charge in [-0.1, -0.05) is 17.7 Å². The van der Waals surface area contributed by atoms with Gasteiger partial charge in [0.05, 0.1) is 13.2 Å². The number of rotatable bonds is 8. The van der Waals surface area contributed by atoms with E-state index in [-0.39, 0.29) is 12.5 Å². The number of carbonyl (C=O) groups excluding carboxylic acids is 1. The maximum atomic E-state index is 12.0. The third-order valence-electron chi connectivity index (χ3n) is 4.31. The Hall–Kier alpha value is -2.57. The second-order valence-electron chi connectivity index (χ2n) is 6.48. The summed E-state index contributed by atoms with van der Waals surface area (Å²) < 4.78 is 16.6. The number of anilines is 1. The number of nitrogens with zero attached hydrogens (tertiary/aromatic N) is 1. The van der Waals surface area contributed by atoms with Crippen molar-refractivity contribution in [2.45, 2.75) is 6.92 Å². The molecular weight excluding hydrogens is 344 g/mol. The van der Waals surface area contributed by atoms with Crippen molar-refractivity contribution in [1.82, 2.24) is 4.90 Å². The van der Waals surface area contributed by atoms with E-state index in [0.29, 0.717) is 12.4 Å². The summed E-state index contributed by atoms with van der Waals surface area (Å²) in [5.41, 5.74) is 1.91. The van der Waals surface area contributed by atoms with Gasteiger partial charge in [-0.3, -0.25) is 9.69 Å². The minimum absolute atomic E-state index is 0.0366. The fourth-order valence-corrected chi connectivity index (χ4v) is 2.73. The third-order valence-corrected chi connectivity index (χ3v) is 4.31. The summed E-state index contributed by atoms with van der Waals surface area (Å²) in [6, 6.07) is 15.0. The van der Waals surface area contributed by atoms with E-state index in [4.69, 9.17) is 14.2 Å². The summed E-state index contributed by atoms with van der Waals surface area (Å²) in [6.45, 7) is 7.00. The number of nitrogens with one attached hydrogen (secondary N) is 1. The lowest BCUT2D eigenvalue weighted by Gasteiger charge is -2.26. The molecule has 0 saturated carbocycles. The van der Waals surface area contributed by atoms with E-state index in [0.717, 1.165) is 49.8 Å². The van der Waals surface area contributed by atoms with Gasteiger partial charge in [-0.2, -0.15) is 0 Å². The largest absolute Gasteiger partial charge is 0.492 e. The summed E-state index contributed by atoms with van der Waals surface area (Å²) in [5.74, 6) is 1.24. The first-order chi connectivity index (χ1) is 13.2. The molecule has 0 aliphatic carbocycles. The van der Waals surface area contributed by atoms with E-state index in [2.05, 4.69) is 10.2 Å². The van der Waals surface area contributed by atoms with Crippen molar-refractivity contribution in [1.29, 1.82) is 0 Å². The maximum Gasteiger partial charge on any atom is 0.262 e. The normalized spacial score (nSPS) is 14.6. The Morgan fingerprint density at radius 2 is 1.63 bits per heavy atom. The molecule has 1 fully saturated rings. The van der Waals surface area contributed by atoms with Gasteiger partial charge in [0.15, 0.2) is 6.61 Å². The smallest absolute Gasteiger partial charge is 0.262 e. The second kappa shape index (κ2) is 9.94. The fourth-order valence-electron chi connectivity index (χ4n) is 2.73. The summed E-state index contributed by atoms with van der Waals surface area (Å²) in [4.78, 5) is 14.3. The van der Waals surface area contributed by atoms with Crippen molar-refractivity contribution in [3.63, 3.8) is 0 Å². The molecule has 1 aliphatic heterocycles. The van der Waals surface area contributed by atoms with Gasteiger partial charge in [0.2, 0.25) is 0 Å². The molecule has 0 spiro atoms. The number of ether oxygens (including phenoxy) is 3. The van der Waals surface area contributed by atoms with Crippen LogP contribution < -0.4 is 14.8 Å². The zero-order chi connectivity index (χ0) is 18.9. The van der Waals surface area contributed by atoms with Crippen LogP contribution in [-0.2, 0) is 9.53 Å². The van der Waals surface area contributed by atoms with Crippen LogP contribution in [0.1, 0.15) is 5.56 Å². The average Bonchev–Trinajstić information content (AvgIpc) is 2.70. The highest BCUT2D eigenvalue weighted by molar-refractivity contribution is 5.91. The molecule has 1 amide bonds. The van der Waals surface area contributed by atoms with Crippen LogP contribution in [0.15, 0.2) is 48.5 Å². The summed E-state index contributed by atoms with van der Waals surface area (Å²) in [6.07, 6.45) is 0. The fraction of sp³-hybridized carbons (Fsp3) is 0.381. The molecule has 0 aromatic heterocycles. The lowest BCUT2D eigenvalue weighted by molar-refractivity contribution is -0.118. The molecule has 3 rings (SSSR count). The van der Waals surface area contributed by atoms with Crippen molar-refractivity contribution in [2.75, 3.05) is 51.4 Å². The summed E-state index contributed by atoms with van der Waals surface area (Å²) in [7, 11) is 0. The Bertz CT molecular complexity index is 710. The van der Waals surface area contributed by atoms with Gasteiger partial charge in [0.25, 0.3) is 5.91 Å². The molecule has 27 heavy (non-hydrogen) atoms. The zero-order valence-electron chi connectivity index (χ0n) is 15.6. The molecule has 0 radical (unpaired) electrons. The monoisotopic (exact) mass is 370 g/mol. The number of amides is 1. The van der Waals surface area contributed by atoms with E-state index in [1.807, 2.05) is 55.5 Å². The number of morpholine rings is 1. The van der Waals surface area contributed by atoms with Crippen LogP contribution in [-0.4, -0.2) is 56.9 Å². The van der Waals surface area contributed by atoms with E-state index < -0.39 is 0 Å². The van der Waals surface area contributed by atoms with E-state index in [1.54, 1.807) is 0 Å². The van der Waals surface area contributed by atoms with Crippen molar-refractivity contribution in [3.05, 3.63) is 54.1 Å². The van der Waals surface area contributed by atoms with Crippen molar-refractivity contribution >= 4 is 11.6 Å². The molecule has 6 heteroatoms. The molecule has 1 N–H and O–H groups in total. The van der Waals surface area contributed by atoms with Crippen LogP contribution >= 0.6 is 0 Å². The average molecular weight is 370 g/mol. The van der Waals surface area contributed by atoms with Crippen LogP contribution in [0, 0.1) is 6.92 Å². The molecule has 1 heterocycles. The van der Waals surface area contributed by atoms with Gasteiger partial charge in [0, 0.05) is 25.3 Å². The van der Waals surface area contributed by atoms with Gasteiger partial charge < -0.3 is 19.5 Å². The number of aryl methyl sites for hydroxylation is 1. The second-order valence-corrected chi connectivity index (χ2v) is 6.48. The molecule has 6 nitrogen and oxygen atoms in total. The molecule has 0 unspecified atom stereocenters. The molecular formula is C21H26N2O4. The maximum absolute atomic E-state index is 12.0. The number of benzene rings is 2. The van der Waals surface area contributed by atoms with Gasteiger partial charge >= 0.3 is 0 Å². The molecule has 144 valence electrons. The van der Waals surface area contributed by atoms with Gasteiger partial charge in [-0.05, 0) is 43.3 Å². The molecule has 1 aliphatic rings. The Kier molecular flexibility index (Phi) is 7.07. The Labute approximate surface area is 160 Å². The Morgan fingerprint density at radius 3 is 2.30 bits per heavy atom. The first kappa shape index (κ1) is 19.2. The topological polar surface area (TPSA) is 60.0 Å². The summed E-state index contributed by atoms with van der Waals surface area (Å²) >= 11 is 0. The highest BCUT2D eigenvalue weighted by Crippen LogP contribution is 2.18. The molecule has 2 aromatic rings. The van der Waals surface area contributed by atoms with Gasteiger partial charge in [-0.15, -0.1) is 0 Å². The number of carbonyl (C=O) groups is 1. The molecule has 0 atom stereocenters. The predicted molar refractivity (Wildman–Crippen MR) is 104 cm³/mol.